The number of para-hydroxylation sites is 4. The predicted octanol–water partition coefficient (Wildman–Crippen LogP) is 6.58. The molecule has 0 spiro atoms. The zero-order valence-electron chi connectivity index (χ0n) is 17.8. The van der Waals surface area contributed by atoms with E-state index in [1.165, 1.54) is 0 Å². The van der Waals surface area contributed by atoms with Crippen molar-refractivity contribution in [3.63, 3.8) is 0 Å². The van der Waals surface area contributed by atoms with E-state index >= 15 is 0 Å². The second-order valence-corrected chi connectivity index (χ2v) is 8.18. The number of nitriles is 1. The van der Waals surface area contributed by atoms with Crippen molar-refractivity contribution in [1.29, 1.82) is 5.26 Å². The van der Waals surface area contributed by atoms with Crippen LogP contribution in [0.15, 0.2) is 84.9 Å². The molecule has 156 valence electrons. The van der Waals surface area contributed by atoms with E-state index in [4.69, 9.17) is 16.5 Å². The summed E-state index contributed by atoms with van der Waals surface area (Å²) in [6.45, 7) is 7.60. The van der Waals surface area contributed by atoms with E-state index in [1.54, 1.807) is 0 Å². The molecule has 0 atom stereocenters. The summed E-state index contributed by atoms with van der Waals surface area (Å²) in [5.74, 6) is 0. The van der Waals surface area contributed by atoms with Gasteiger partial charge in [0.1, 0.15) is 0 Å². The molecule has 3 aromatic heterocycles. The fourth-order valence-electron chi connectivity index (χ4n) is 4.86. The first-order chi connectivity index (χ1) is 16.8. The molecule has 0 aliphatic heterocycles. The van der Waals surface area contributed by atoms with E-state index in [-0.39, 0.29) is 0 Å². The Morgan fingerprint density at radius 1 is 0.676 bits per heavy atom. The number of aromatic nitrogens is 4. The Kier molecular flexibility index (Phi) is 3.59. The van der Waals surface area contributed by atoms with Gasteiger partial charge in [-0.25, -0.2) is 14.8 Å². The number of imidazole rings is 2. The first-order valence-electron chi connectivity index (χ1n) is 10.8. The molecule has 0 saturated heterocycles. The van der Waals surface area contributed by atoms with Gasteiger partial charge < -0.3 is 0 Å². The molecule has 0 unspecified atom stereocenters. The molecule has 0 aliphatic rings. The quantitative estimate of drug-likeness (QED) is 0.253. The highest BCUT2D eigenvalue weighted by Crippen LogP contribution is 2.33. The average molecular weight is 434 g/mol. The minimum atomic E-state index is 0.548. The lowest BCUT2D eigenvalue weighted by molar-refractivity contribution is 1.24. The van der Waals surface area contributed by atoms with E-state index < -0.39 is 0 Å². The molecule has 7 aromatic rings. The van der Waals surface area contributed by atoms with Crippen LogP contribution in [0.25, 0.3) is 60.0 Å². The van der Waals surface area contributed by atoms with E-state index in [2.05, 4.69) is 19.7 Å². The Hall–Kier alpha value is -5.20. The maximum absolute atomic E-state index is 9.67. The van der Waals surface area contributed by atoms with Gasteiger partial charge in [0.05, 0.1) is 45.8 Å². The Labute approximate surface area is 193 Å². The summed E-state index contributed by atoms with van der Waals surface area (Å²) in [6.07, 6.45) is 0. The van der Waals surface area contributed by atoms with Crippen LogP contribution in [0.3, 0.4) is 0 Å². The monoisotopic (exact) mass is 434 g/mol. The molecule has 0 fully saturated rings. The Balaban J connectivity index is 1.96. The lowest BCUT2D eigenvalue weighted by atomic mass is 10.1. The minimum absolute atomic E-state index is 0.548. The fraction of sp³-hybridized carbons (Fsp3) is 0. The first kappa shape index (κ1) is 18.4. The average Bonchev–Trinajstić information content (AvgIpc) is 3.45. The highest BCUT2D eigenvalue weighted by molar-refractivity contribution is 6.09. The summed E-state index contributed by atoms with van der Waals surface area (Å²) in [7, 11) is 0. The fourth-order valence-corrected chi connectivity index (χ4v) is 4.86. The van der Waals surface area contributed by atoms with Crippen LogP contribution in [0.5, 0.6) is 0 Å². The van der Waals surface area contributed by atoms with Gasteiger partial charge in [0.2, 0.25) is 0 Å². The highest BCUT2D eigenvalue weighted by atomic mass is 15.1. The van der Waals surface area contributed by atoms with Gasteiger partial charge >= 0.3 is 0 Å². The number of rotatable bonds is 0. The van der Waals surface area contributed by atoms with Gasteiger partial charge in [-0.1, -0.05) is 42.5 Å². The molecule has 0 bridgehead atoms. The third-order valence-corrected chi connectivity index (χ3v) is 6.33. The summed E-state index contributed by atoms with van der Waals surface area (Å²) in [6, 6.07) is 29.7. The normalized spacial score (nSPS) is 11.5. The third kappa shape index (κ3) is 2.37. The van der Waals surface area contributed by atoms with Gasteiger partial charge in [-0.3, -0.25) is 8.80 Å². The summed E-state index contributed by atoms with van der Waals surface area (Å²) in [5, 5.41) is 11.6. The van der Waals surface area contributed by atoms with Crippen LogP contribution in [0, 0.1) is 17.9 Å². The molecule has 3 heterocycles. The van der Waals surface area contributed by atoms with Crippen LogP contribution >= 0.6 is 0 Å². The van der Waals surface area contributed by atoms with Crippen molar-refractivity contribution in [1.82, 2.24) is 18.8 Å². The van der Waals surface area contributed by atoms with Crippen LogP contribution in [0.2, 0.25) is 0 Å². The number of hydrogen-bond acceptors (Lipinski definition) is 3. The predicted molar refractivity (Wildman–Crippen MR) is 134 cm³/mol. The van der Waals surface area contributed by atoms with Gasteiger partial charge in [-0.05, 0) is 42.5 Å². The second kappa shape index (κ2) is 6.65. The second-order valence-electron chi connectivity index (χ2n) is 8.18. The molecule has 0 amide bonds. The number of benzene rings is 4. The largest absolute Gasteiger partial charge is 0.290 e. The molecule has 0 saturated carbocycles. The van der Waals surface area contributed by atoms with Gasteiger partial charge in [-0.2, -0.15) is 5.26 Å². The zero-order chi connectivity index (χ0) is 22.8. The molecule has 4 aromatic carbocycles. The van der Waals surface area contributed by atoms with Crippen LogP contribution in [0.1, 0.15) is 5.56 Å². The Bertz CT molecular complexity index is 1950. The van der Waals surface area contributed by atoms with Crippen molar-refractivity contribution in [2.45, 2.75) is 0 Å². The van der Waals surface area contributed by atoms with Crippen LogP contribution in [-0.2, 0) is 0 Å². The van der Waals surface area contributed by atoms with E-state index in [9.17, 15) is 5.26 Å². The summed E-state index contributed by atoms with van der Waals surface area (Å²) >= 11 is 0. The Morgan fingerprint density at radius 2 is 1.24 bits per heavy atom. The topological polar surface area (TPSA) is 62.8 Å². The number of hydrogen-bond donors (Lipinski definition) is 0. The molecular weight excluding hydrogens is 420 g/mol. The number of nitrogens with zero attached hydrogens (tertiary/aromatic N) is 6. The standard InChI is InChI=1S/C28H14N6/c1-30-18-11-13-20-19-12-10-17(16-29)14-25(19)33-23-8-4-2-6-21(23)31-27(33)28-32-22-7-3-5-9-24(22)34(28)26(20)15-18/h2-15H. The van der Waals surface area contributed by atoms with Crippen molar-refractivity contribution in [2.24, 2.45) is 0 Å². The van der Waals surface area contributed by atoms with Crippen molar-refractivity contribution in [3.05, 3.63) is 102 Å². The van der Waals surface area contributed by atoms with E-state index in [1.807, 2.05) is 84.9 Å². The maximum Gasteiger partial charge on any atom is 0.189 e. The molecule has 6 nitrogen and oxygen atoms in total. The molecule has 7 rings (SSSR count). The smallest absolute Gasteiger partial charge is 0.189 e. The van der Waals surface area contributed by atoms with Crippen LogP contribution in [-0.4, -0.2) is 18.8 Å². The van der Waals surface area contributed by atoms with Crippen molar-refractivity contribution >= 4 is 60.9 Å². The Morgan fingerprint density at radius 3 is 1.82 bits per heavy atom. The molecular formula is C28H14N6. The number of fused-ring (bicyclic) bond motifs is 12. The lowest BCUT2D eigenvalue weighted by Gasteiger charge is -2.09. The maximum atomic E-state index is 9.67. The summed E-state index contributed by atoms with van der Waals surface area (Å²) < 4.78 is 4.19. The van der Waals surface area contributed by atoms with Crippen LogP contribution in [0.4, 0.5) is 5.69 Å². The highest BCUT2D eigenvalue weighted by Gasteiger charge is 2.16. The third-order valence-electron chi connectivity index (χ3n) is 6.33. The summed E-state index contributed by atoms with van der Waals surface area (Å²) in [4.78, 5) is 13.7. The SMILES string of the molecule is [C-]#[N+]c1ccc2c3ccc(C#N)cc3n3c4ccccc4nc3c3nc4ccccc4n3c2c1. The van der Waals surface area contributed by atoms with Gasteiger partial charge in [0.15, 0.2) is 17.0 Å². The van der Waals surface area contributed by atoms with Crippen LogP contribution < -0.4 is 0 Å². The van der Waals surface area contributed by atoms with E-state index in [0.29, 0.717) is 22.5 Å². The van der Waals surface area contributed by atoms with Crippen molar-refractivity contribution in [2.75, 3.05) is 0 Å². The lowest BCUT2D eigenvalue weighted by Crippen LogP contribution is -1.95. The molecule has 0 aliphatic carbocycles. The molecule has 0 N–H and O–H groups in total. The van der Waals surface area contributed by atoms with Crippen molar-refractivity contribution in [3.8, 4) is 6.07 Å². The van der Waals surface area contributed by atoms with Gasteiger partial charge in [0, 0.05) is 16.3 Å². The summed E-state index contributed by atoms with van der Waals surface area (Å²) in [5.41, 5.74) is 7.78. The zero-order valence-corrected chi connectivity index (χ0v) is 17.8. The minimum Gasteiger partial charge on any atom is -0.290 e. The molecule has 34 heavy (non-hydrogen) atoms. The van der Waals surface area contributed by atoms with Crippen molar-refractivity contribution < 1.29 is 0 Å². The molecule has 0 radical (unpaired) electrons. The molecule has 6 heteroatoms. The first-order valence-corrected chi connectivity index (χ1v) is 10.8. The van der Waals surface area contributed by atoms with Gasteiger partial charge in [0.25, 0.3) is 0 Å². The van der Waals surface area contributed by atoms with Gasteiger partial charge in [-0.15, -0.1) is 0 Å². The van der Waals surface area contributed by atoms with E-state index in [0.717, 1.165) is 43.9 Å².